The number of carbonyl (C=O) groups is 1. The van der Waals surface area contributed by atoms with E-state index in [9.17, 15) is 4.79 Å². The first-order valence-corrected chi connectivity index (χ1v) is 2.93. The van der Waals surface area contributed by atoms with Gasteiger partial charge in [-0.3, -0.25) is 0 Å². The van der Waals surface area contributed by atoms with Crippen LogP contribution in [0.2, 0.25) is 0 Å². The van der Waals surface area contributed by atoms with E-state index in [1.807, 2.05) is 0 Å². The molecule has 0 aromatic carbocycles. The minimum Gasteiger partial charge on any atom is -0.445 e. The summed E-state index contributed by atoms with van der Waals surface area (Å²) >= 11 is 0. The lowest BCUT2D eigenvalue weighted by Crippen LogP contribution is -2.12. The van der Waals surface area contributed by atoms with E-state index in [0.717, 1.165) is 0 Å². The highest BCUT2D eigenvalue weighted by Gasteiger charge is 1.84. The van der Waals surface area contributed by atoms with Crippen molar-refractivity contribution in [1.82, 2.24) is 0 Å². The molecule has 4 nitrogen and oxygen atoms in total. The van der Waals surface area contributed by atoms with Crippen molar-refractivity contribution in [3.63, 3.8) is 0 Å². The lowest BCUT2D eigenvalue weighted by molar-refractivity contribution is 0.169. The van der Waals surface area contributed by atoms with Crippen molar-refractivity contribution < 1.29 is 14.6 Å². The Morgan fingerprint density at radius 1 is 1.55 bits per heavy atom. The van der Waals surface area contributed by atoms with Crippen LogP contribution in [0.5, 0.6) is 0 Å². The molecular weight excluding hydrogens is 146 g/mol. The first-order chi connectivity index (χ1) is 5.18. The maximum absolute atomic E-state index is 9.71. The quantitative estimate of drug-likeness (QED) is 0.586. The van der Waals surface area contributed by atoms with Gasteiger partial charge in [0, 0.05) is 0 Å². The fraction of sp³-hybridized carbons (Fsp3) is 0.286. The number of nitrogens with two attached hydrogens (primary N) is 1. The number of rotatable bonds is 3. The molecule has 64 valence electrons. The van der Waals surface area contributed by atoms with Crippen LogP contribution in [-0.2, 0) is 4.74 Å². The Morgan fingerprint density at radius 3 is 2.09 bits per heavy atom. The van der Waals surface area contributed by atoms with Crippen LogP contribution < -0.4 is 5.73 Å². The SMILES string of the molecule is C=CCO.C=CCOC(N)=O. The van der Waals surface area contributed by atoms with Crippen LogP contribution in [0.25, 0.3) is 0 Å². The second-order valence-electron chi connectivity index (χ2n) is 1.39. The molecule has 0 bridgehead atoms. The third kappa shape index (κ3) is 28.5. The van der Waals surface area contributed by atoms with Gasteiger partial charge in [0.1, 0.15) is 6.61 Å². The summed E-state index contributed by atoms with van der Waals surface area (Å²) in [4.78, 5) is 9.71. The first-order valence-electron chi connectivity index (χ1n) is 2.93. The third-order valence-corrected chi connectivity index (χ3v) is 0.473. The van der Waals surface area contributed by atoms with Crippen LogP contribution in [0.3, 0.4) is 0 Å². The molecule has 0 radical (unpaired) electrons. The first kappa shape index (κ1) is 12.4. The van der Waals surface area contributed by atoms with Gasteiger partial charge in [0.05, 0.1) is 6.61 Å². The van der Waals surface area contributed by atoms with E-state index in [1.165, 1.54) is 12.2 Å². The fourth-order valence-electron chi connectivity index (χ4n) is 0.141. The molecule has 11 heavy (non-hydrogen) atoms. The molecule has 0 atom stereocenters. The van der Waals surface area contributed by atoms with Gasteiger partial charge in [-0.15, -0.1) is 6.58 Å². The van der Waals surface area contributed by atoms with E-state index in [0.29, 0.717) is 0 Å². The lowest BCUT2D eigenvalue weighted by atomic mass is 10.7. The average molecular weight is 159 g/mol. The molecule has 0 aromatic heterocycles. The number of hydrogen-bond donors (Lipinski definition) is 2. The predicted molar refractivity (Wildman–Crippen MR) is 43.0 cm³/mol. The zero-order valence-electron chi connectivity index (χ0n) is 6.32. The molecule has 0 aliphatic rings. The van der Waals surface area contributed by atoms with Gasteiger partial charge >= 0.3 is 6.09 Å². The Bertz CT molecular complexity index is 123. The molecule has 0 unspecified atom stereocenters. The van der Waals surface area contributed by atoms with Crippen molar-refractivity contribution in [2.75, 3.05) is 13.2 Å². The molecule has 3 N–H and O–H groups in total. The normalized spacial score (nSPS) is 7.00. The topological polar surface area (TPSA) is 72.6 Å². The molecule has 0 aliphatic carbocycles. The third-order valence-electron chi connectivity index (χ3n) is 0.473. The van der Waals surface area contributed by atoms with Crippen LogP contribution in [-0.4, -0.2) is 24.4 Å². The highest BCUT2D eigenvalue weighted by Crippen LogP contribution is 1.70. The number of hydrogen-bond acceptors (Lipinski definition) is 3. The minimum atomic E-state index is -0.764. The maximum Gasteiger partial charge on any atom is 0.404 e. The van der Waals surface area contributed by atoms with Gasteiger partial charge in [0.2, 0.25) is 0 Å². The van der Waals surface area contributed by atoms with E-state index in [-0.39, 0.29) is 13.2 Å². The molecule has 0 saturated heterocycles. The van der Waals surface area contributed by atoms with Gasteiger partial charge in [-0.25, -0.2) is 4.79 Å². The molecule has 0 fully saturated rings. The summed E-state index contributed by atoms with van der Waals surface area (Å²) in [6.07, 6.45) is 2.12. The van der Waals surface area contributed by atoms with Crippen molar-refractivity contribution in [3.8, 4) is 0 Å². The Balaban J connectivity index is 0. The molecule has 4 heteroatoms. The average Bonchev–Trinajstić information content (AvgIpc) is 2.01. The standard InChI is InChI=1S/C4H7NO2.C3H6O/c1-2-3-7-4(5)6;1-2-3-4/h2H,1,3H2,(H2,5,6);2,4H,1,3H2. The summed E-state index contributed by atoms with van der Waals surface area (Å²) in [7, 11) is 0. The van der Waals surface area contributed by atoms with Crippen LogP contribution in [0.4, 0.5) is 4.79 Å². The van der Waals surface area contributed by atoms with E-state index in [1.54, 1.807) is 0 Å². The Kier molecular flexibility index (Phi) is 13.0. The molecule has 0 aromatic rings. The molecule has 0 rings (SSSR count). The van der Waals surface area contributed by atoms with E-state index < -0.39 is 6.09 Å². The van der Waals surface area contributed by atoms with Crippen LogP contribution in [0, 0.1) is 0 Å². The number of primary amides is 1. The van der Waals surface area contributed by atoms with Gasteiger partial charge in [-0.1, -0.05) is 18.7 Å². The van der Waals surface area contributed by atoms with Gasteiger partial charge in [-0.05, 0) is 0 Å². The number of aliphatic hydroxyl groups is 1. The molecule has 0 aliphatic heterocycles. The Labute approximate surface area is 66.0 Å². The number of aliphatic hydroxyl groups excluding tert-OH is 1. The zero-order chi connectivity index (χ0) is 9.11. The molecule has 0 heterocycles. The number of carbonyl (C=O) groups excluding carboxylic acids is 1. The Morgan fingerprint density at radius 2 is 2.00 bits per heavy atom. The largest absolute Gasteiger partial charge is 0.445 e. The minimum absolute atomic E-state index is 0.0833. The second-order valence-corrected chi connectivity index (χ2v) is 1.39. The smallest absolute Gasteiger partial charge is 0.404 e. The van der Waals surface area contributed by atoms with Gasteiger partial charge in [0.25, 0.3) is 0 Å². The number of amides is 1. The van der Waals surface area contributed by atoms with Crippen LogP contribution in [0.1, 0.15) is 0 Å². The zero-order valence-corrected chi connectivity index (χ0v) is 6.32. The summed E-state index contributed by atoms with van der Waals surface area (Å²) in [5.74, 6) is 0. The molecular formula is C7H13NO3. The van der Waals surface area contributed by atoms with Gasteiger partial charge in [-0.2, -0.15) is 0 Å². The van der Waals surface area contributed by atoms with Crippen LogP contribution >= 0.6 is 0 Å². The van der Waals surface area contributed by atoms with Gasteiger partial charge < -0.3 is 15.6 Å². The summed E-state index contributed by atoms with van der Waals surface area (Å²) in [5.41, 5.74) is 4.57. The van der Waals surface area contributed by atoms with Crippen LogP contribution in [0.15, 0.2) is 25.3 Å². The monoisotopic (exact) mass is 159 g/mol. The Hall–Kier alpha value is -1.29. The molecule has 0 saturated carbocycles. The summed E-state index contributed by atoms with van der Waals surface area (Å²) in [6.45, 7) is 6.80. The predicted octanol–water partition coefficient (Wildman–Crippen LogP) is 0.432. The van der Waals surface area contributed by atoms with Crippen molar-refractivity contribution in [3.05, 3.63) is 25.3 Å². The maximum atomic E-state index is 9.71. The summed E-state index contributed by atoms with van der Waals surface area (Å²) in [5, 5.41) is 7.76. The molecule has 0 spiro atoms. The highest BCUT2D eigenvalue weighted by atomic mass is 16.5. The van der Waals surface area contributed by atoms with Crippen molar-refractivity contribution in [1.29, 1.82) is 0 Å². The second kappa shape index (κ2) is 11.5. The number of ether oxygens (including phenoxy) is 1. The van der Waals surface area contributed by atoms with Gasteiger partial charge in [0.15, 0.2) is 0 Å². The summed E-state index contributed by atoms with van der Waals surface area (Å²) in [6, 6.07) is 0. The van der Waals surface area contributed by atoms with Crippen molar-refractivity contribution in [2.45, 2.75) is 0 Å². The van der Waals surface area contributed by atoms with Crippen molar-refractivity contribution in [2.24, 2.45) is 5.73 Å². The highest BCUT2D eigenvalue weighted by molar-refractivity contribution is 5.64. The van der Waals surface area contributed by atoms with E-state index >= 15 is 0 Å². The van der Waals surface area contributed by atoms with E-state index in [4.69, 9.17) is 5.11 Å². The lowest BCUT2D eigenvalue weighted by Gasteiger charge is -1.90. The summed E-state index contributed by atoms with van der Waals surface area (Å²) < 4.78 is 4.21. The van der Waals surface area contributed by atoms with E-state index in [2.05, 4.69) is 23.6 Å². The molecule has 1 amide bonds. The fourth-order valence-corrected chi connectivity index (χ4v) is 0.141. The van der Waals surface area contributed by atoms with Crippen molar-refractivity contribution >= 4 is 6.09 Å².